The second-order valence-corrected chi connectivity index (χ2v) is 6.87. The van der Waals surface area contributed by atoms with Gasteiger partial charge in [0.25, 0.3) is 0 Å². The minimum Gasteiger partial charge on any atom is -0.311 e. The molecular weight excluding hydrogens is 232 g/mol. The molecular formula is C17H36N2. The van der Waals surface area contributed by atoms with Gasteiger partial charge in [-0.05, 0) is 32.1 Å². The molecule has 0 aromatic heterocycles. The molecule has 0 aromatic carbocycles. The third-order valence-electron chi connectivity index (χ3n) is 4.44. The molecule has 2 heteroatoms. The van der Waals surface area contributed by atoms with Crippen molar-refractivity contribution < 1.29 is 0 Å². The molecule has 0 radical (unpaired) electrons. The second-order valence-electron chi connectivity index (χ2n) is 6.87. The highest BCUT2D eigenvalue weighted by molar-refractivity contribution is 4.88. The van der Waals surface area contributed by atoms with Crippen LogP contribution in [-0.2, 0) is 0 Å². The largest absolute Gasteiger partial charge is 0.311 e. The van der Waals surface area contributed by atoms with Gasteiger partial charge in [-0.25, -0.2) is 0 Å². The highest BCUT2D eigenvalue weighted by Crippen LogP contribution is 2.21. The Balaban J connectivity index is 2.57. The average molecular weight is 268 g/mol. The van der Waals surface area contributed by atoms with Crippen molar-refractivity contribution in [3.8, 4) is 0 Å². The SMILES string of the molecule is CCCCC(CCC)N1CC(CC(C)C)NCC1C. The fourth-order valence-corrected chi connectivity index (χ4v) is 3.44. The minimum atomic E-state index is 0.705. The second kappa shape index (κ2) is 8.97. The lowest BCUT2D eigenvalue weighted by Crippen LogP contribution is -2.58. The number of unbranched alkanes of at least 4 members (excludes halogenated alkanes) is 1. The lowest BCUT2D eigenvalue weighted by molar-refractivity contribution is 0.0740. The zero-order valence-corrected chi connectivity index (χ0v) is 13.9. The summed E-state index contributed by atoms with van der Waals surface area (Å²) in [5, 5.41) is 3.74. The summed E-state index contributed by atoms with van der Waals surface area (Å²) in [6, 6.07) is 2.23. The van der Waals surface area contributed by atoms with Crippen LogP contribution in [0.15, 0.2) is 0 Å². The smallest absolute Gasteiger partial charge is 0.0198 e. The van der Waals surface area contributed by atoms with Gasteiger partial charge in [0.15, 0.2) is 0 Å². The standard InChI is InChI=1S/C17H36N2/c1-6-8-10-17(9-7-2)19-13-16(11-14(3)4)18-12-15(19)5/h14-18H,6-13H2,1-5H3. The average Bonchev–Trinajstić information content (AvgIpc) is 2.36. The summed E-state index contributed by atoms with van der Waals surface area (Å²) in [6.45, 7) is 14.1. The third-order valence-corrected chi connectivity index (χ3v) is 4.44. The van der Waals surface area contributed by atoms with Crippen molar-refractivity contribution in [2.24, 2.45) is 5.92 Å². The molecule has 2 nitrogen and oxygen atoms in total. The molecule has 1 fully saturated rings. The van der Waals surface area contributed by atoms with E-state index in [0.29, 0.717) is 12.1 Å². The highest BCUT2D eigenvalue weighted by atomic mass is 15.2. The monoisotopic (exact) mass is 268 g/mol. The number of rotatable bonds is 8. The molecule has 1 aliphatic heterocycles. The van der Waals surface area contributed by atoms with Crippen LogP contribution in [0, 0.1) is 5.92 Å². The van der Waals surface area contributed by atoms with Crippen LogP contribution in [0.25, 0.3) is 0 Å². The predicted octanol–water partition coefficient (Wildman–Crippen LogP) is 4.05. The van der Waals surface area contributed by atoms with Gasteiger partial charge in [-0.2, -0.15) is 0 Å². The Morgan fingerprint density at radius 1 is 1.16 bits per heavy atom. The molecule has 0 bridgehead atoms. The molecule has 1 rings (SSSR count). The van der Waals surface area contributed by atoms with E-state index in [1.165, 1.54) is 51.6 Å². The van der Waals surface area contributed by atoms with Crippen molar-refractivity contribution >= 4 is 0 Å². The van der Waals surface area contributed by atoms with E-state index in [4.69, 9.17) is 0 Å². The van der Waals surface area contributed by atoms with Crippen LogP contribution in [0.1, 0.15) is 73.1 Å². The first-order valence-corrected chi connectivity index (χ1v) is 8.57. The van der Waals surface area contributed by atoms with Crippen molar-refractivity contribution in [3.63, 3.8) is 0 Å². The molecule has 0 aliphatic carbocycles. The predicted molar refractivity (Wildman–Crippen MR) is 85.6 cm³/mol. The Bertz CT molecular complexity index is 227. The molecule has 114 valence electrons. The maximum Gasteiger partial charge on any atom is 0.0198 e. The summed E-state index contributed by atoms with van der Waals surface area (Å²) in [5.74, 6) is 0.799. The molecule has 1 heterocycles. The Morgan fingerprint density at radius 3 is 2.47 bits per heavy atom. The Hall–Kier alpha value is -0.0800. The van der Waals surface area contributed by atoms with Gasteiger partial charge in [0.1, 0.15) is 0 Å². The van der Waals surface area contributed by atoms with E-state index < -0.39 is 0 Å². The maximum absolute atomic E-state index is 3.74. The highest BCUT2D eigenvalue weighted by Gasteiger charge is 2.29. The molecule has 3 unspecified atom stereocenters. The van der Waals surface area contributed by atoms with E-state index >= 15 is 0 Å². The molecule has 1 aliphatic rings. The van der Waals surface area contributed by atoms with E-state index in [1.54, 1.807) is 0 Å². The normalized spacial score (nSPS) is 26.8. The number of nitrogens with zero attached hydrogens (tertiary/aromatic N) is 1. The van der Waals surface area contributed by atoms with Crippen LogP contribution in [0.5, 0.6) is 0 Å². The molecule has 1 saturated heterocycles. The van der Waals surface area contributed by atoms with Gasteiger partial charge in [-0.1, -0.05) is 47.0 Å². The van der Waals surface area contributed by atoms with Gasteiger partial charge in [0, 0.05) is 31.2 Å². The summed E-state index contributed by atoms with van der Waals surface area (Å²) >= 11 is 0. The van der Waals surface area contributed by atoms with Gasteiger partial charge in [-0.3, -0.25) is 4.90 Å². The number of hydrogen-bond acceptors (Lipinski definition) is 2. The first kappa shape index (κ1) is 17.0. The fourth-order valence-electron chi connectivity index (χ4n) is 3.44. The van der Waals surface area contributed by atoms with Crippen LogP contribution in [-0.4, -0.2) is 36.1 Å². The minimum absolute atomic E-state index is 0.705. The van der Waals surface area contributed by atoms with Gasteiger partial charge >= 0.3 is 0 Å². The van der Waals surface area contributed by atoms with Crippen molar-refractivity contribution in [2.75, 3.05) is 13.1 Å². The zero-order valence-electron chi connectivity index (χ0n) is 13.9. The van der Waals surface area contributed by atoms with E-state index in [0.717, 1.165) is 12.0 Å². The van der Waals surface area contributed by atoms with E-state index in [-0.39, 0.29) is 0 Å². The van der Waals surface area contributed by atoms with E-state index in [9.17, 15) is 0 Å². The summed E-state index contributed by atoms with van der Waals surface area (Å²) in [7, 11) is 0. The molecule has 0 amide bonds. The summed E-state index contributed by atoms with van der Waals surface area (Å²) in [6.07, 6.45) is 8.11. The van der Waals surface area contributed by atoms with Crippen molar-refractivity contribution in [2.45, 2.75) is 91.3 Å². The van der Waals surface area contributed by atoms with E-state index in [1.807, 2.05) is 0 Å². The first-order chi connectivity index (χ1) is 9.08. The topological polar surface area (TPSA) is 15.3 Å². The van der Waals surface area contributed by atoms with Crippen molar-refractivity contribution in [1.29, 1.82) is 0 Å². The summed E-state index contributed by atoms with van der Waals surface area (Å²) in [5.41, 5.74) is 0. The number of hydrogen-bond donors (Lipinski definition) is 1. The molecule has 1 N–H and O–H groups in total. The first-order valence-electron chi connectivity index (χ1n) is 8.57. The molecule has 19 heavy (non-hydrogen) atoms. The third kappa shape index (κ3) is 5.83. The quantitative estimate of drug-likeness (QED) is 0.714. The lowest BCUT2D eigenvalue weighted by Gasteiger charge is -2.44. The van der Waals surface area contributed by atoms with Gasteiger partial charge in [-0.15, -0.1) is 0 Å². The van der Waals surface area contributed by atoms with Crippen molar-refractivity contribution in [3.05, 3.63) is 0 Å². The Kier molecular flexibility index (Phi) is 8.01. The van der Waals surface area contributed by atoms with Crippen LogP contribution >= 0.6 is 0 Å². The molecule has 3 atom stereocenters. The van der Waals surface area contributed by atoms with Gasteiger partial charge < -0.3 is 5.32 Å². The van der Waals surface area contributed by atoms with Crippen LogP contribution in [0.2, 0.25) is 0 Å². The number of nitrogens with one attached hydrogen (secondary N) is 1. The fraction of sp³-hybridized carbons (Fsp3) is 1.00. The van der Waals surface area contributed by atoms with Crippen LogP contribution < -0.4 is 5.32 Å². The molecule has 0 saturated carbocycles. The van der Waals surface area contributed by atoms with Gasteiger partial charge in [0.2, 0.25) is 0 Å². The Morgan fingerprint density at radius 2 is 1.89 bits per heavy atom. The summed E-state index contributed by atoms with van der Waals surface area (Å²) < 4.78 is 0. The molecule has 0 spiro atoms. The lowest BCUT2D eigenvalue weighted by atomic mass is 9.95. The Labute approximate surface area is 121 Å². The van der Waals surface area contributed by atoms with Gasteiger partial charge in [0.05, 0.1) is 0 Å². The molecule has 0 aromatic rings. The van der Waals surface area contributed by atoms with Crippen LogP contribution in [0.4, 0.5) is 0 Å². The maximum atomic E-state index is 3.74. The summed E-state index contributed by atoms with van der Waals surface area (Å²) in [4.78, 5) is 2.81. The number of piperazine rings is 1. The van der Waals surface area contributed by atoms with Crippen LogP contribution in [0.3, 0.4) is 0 Å². The zero-order chi connectivity index (χ0) is 14.3. The van der Waals surface area contributed by atoms with E-state index in [2.05, 4.69) is 44.8 Å². The van der Waals surface area contributed by atoms with Crippen molar-refractivity contribution in [1.82, 2.24) is 10.2 Å².